The smallest absolute Gasteiger partial charge is 0.312 e. The van der Waals surface area contributed by atoms with Crippen LogP contribution in [0.2, 0.25) is 0 Å². The van der Waals surface area contributed by atoms with E-state index in [-0.39, 0.29) is 17.9 Å². The predicted octanol–water partition coefficient (Wildman–Crippen LogP) is 1.76. The fourth-order valence-corrected chi connectivity index (χ4v) is 3.42. The monoisotopic (exact) mass is 355 g/mol. The van der Waals surface area contributed by atoms with Gasteiger partial charge in [-0.3, -0.25) is 13.9 Å². The summed E-state index contributed by atoms with van der Waals surface area (Å²) in [5.41, 5.74) is 0.744. The number of nitrogens with zero attached hydrogens (tertiary/aromatic N) is 5. The Bertz CT molecular complexity index is 1120. The summed E-state index contributed by atoms with van der Waals surface area (Å²) in [6.07, 6.45) is 2.33. The van der Waals surface area contributed by atoms with Crippen LogP contribution in [-0.4, -0.2) is 25.2 Å². The molecule has 0 fully saturated rings. The fraction of sp³-hybridized carbons (Fsp3) is 0.278. The summed E-state index contributed by atoms with van der Waals surface area (Å²) in [7, 11) is 1.60. The number of rotatable bonds is 3. The first-order valence-corrected chi connectivity index (χ1v) is 8.37. The highest BCUT2D eigenvalue weighted by atomic mass is 19.1. The molecule has 0 aliphatic carbocycles. The van der Waals surface area contributed by atoms with E-state index < -0.39 is 5.69 Å². The van der Waals surface area contributed by atoms with Crippen molar-refractivity contribution in [3.63, 3.8) is 0 Å². The molecule has 134 valence electrons. The van der Waals surface area contributed by atoms with Gasteiger partial charge in [-0.2, -0.15) is 4.98 Å². The summed E-state index contributed by atoms with van der Waals surface area (Å²) in [5, 5.41) is 0. The predicted molar refractivity (Wildman–Crippen MR) is 97.5 cm³/mol. The number of hydrogen-bond donors (Lipinski definition) is 0. The zero-order chi connectivity index (χ0) is 18.4. The van der Waals surface area contributed by atoms with Crippen molar-refractivity contribution in [1.82, 2.24) is 18.7 Å². The first-order chi connectivity index (χ1) is 12.5. The number of imidazole rings is 1. The number of aromatic nitrogens is 4. The normalized spacial score (nSPS) is 13.8. The topological polar surface area (TPSA) is 65.1 Å². The van der Waals surface area contributed by atoms with Crippen LogP contribution in [0.5, 0.6) is 0 Å². The van der Waals surface area contributed by atoms with Gasteiger partial charge in [0.25, 0.3) is 5.56 Å². The maximum absolute atomic E-state index is 13.3. The maximum atomic E-state index is 13.3. The van der Waals surface area contributed by atoms with E-state index >= 15 is 0 Å². The molecule has 0 N–H and O–H groups in total. The summed E-state index contributed by atoms with van der Waals surface area (Å²) >= 11 is 0. The molecule has 3 heterocycles. The molecule has 0 amide bonds. The Kier molecular flexibility index (Phi) is 3.75. The summed E-state index contributed by atoms with van der Waals surface area (Å²) in [6, 6.07) is 6.15. The molecule has 2 aromatic heterocycles. The van der Waals surface area contributed by atoms with Crippen molar-refractivity contribution in [2.75, 3.05) is 11.4 Å². The van der Waals surface area contributed by atoms with Gasteiger partial charge < -0.3 is 9.47 Å². The van der Waals surface area contributed by atoms with Crippen LogP contribution in [0.3, 0.4) is 0 Å². The van der Waals surface area contributed by atoms with Gasteiger partial charge in [0.2, 0.25) is 5.95 Å². The molecule has 0 radical (unpaired) electrons. The number of anilines is 2. The molecule has 3 aromatic rings. The SMILES string of the molecule is C=CCn1c(=O)c2c(nc3n2CCCN3c2ccc(F)cc2)n(C)c1=O. The molecular formula is C18H18FN5O2. The third-order valence-corrected chi connectivity index (χ3v) is 4.67. The van der Waals surface area contributed by atoms with Gasteiger partial charge in [-0.25, -0.2) is 9.18 Å². The van der Waals surface area contributed by atoms with Crippen LogP contribution in [0.25, 0.3) is 11.2 Å². The molecule has 0 bridgehead atoms. The highest BCUT2D eigenvalue weighted by Crippen LogP contribution is 2.30. The lowest BCUT2D eigenvalue weighted by Gasteiger charge is -2.29. The highest BCUT2D eigenvalue weighted by Gasteiger charge is 2.26. The van der Waals surface area contributed by atoms with Crippen LogP contribution in [0.1, 0.15) is 6.42 Å². The lowest BCUT2D eigenvalue weighted by molar-refractivity contribution is 0.597. The van der Waals surface area contributed by atoms with Gasteiger partial charge in [-0.15, -0.1) is 6.58 Å². The van der Waals surface area contributed by atoms with Gasteiger partial charge >= 0.3 is 5.69 Å². The molecule has 1 aliphatic heterocycles. The summed E-state index contributed by atoms with van der Waals surface area (Å²) in [6.45, 7) is 5.08. The maximum Gasteiger partial charge on any atom is 0.332 e. The highest BCUT2D eigenvalue weighted by molar-refractivity contribution is 5.77. The standard InChI is InChI=1S/C18H18FN5O2/c1-3-9-24-16(25)14-15(21(2)18(24)26)20-17-22(10-4-11-23(14)17)13-7-5-12(19)6-8-13/h3,5-8H,1,4,9-11H2,2H3. The van der Waals surface area contributed by atoms with E-state index in [1.807, 2.05) is 9.47 Å². The quantitative estimate of drug-likeness (QED) is 0.672. The van der Waals surface area contributed by atoms with Crippen molar-refractivity contribution in [3.05, 3.63) is 63.6 Å². The second-order valence-electron chi connectivity index (χ2n) is 6.26. The molecule has 8 heteroatoms. The summed E-state index contributed by atoms with van der Waals surface area (Å²) in [5.74, 6) is 0.273. The van der Waals surface area contributed by atoms with Gasteiger partial charge in [-0.05, 0) is 30.7 Å². The van der Waals surface area contributed by atoms with E-state index in [1.54, 1.807) is 19.2 Å². The molecular weight excluding hydrogens is 337 g/mol. The second kappa shape index (κ2) is 5.98. The molecule has 1 aromatic carbocycles. The van der Waals surface area contributed by atoms with Gasteiger partial charge in [0.05, 0.1) is 0 Å². The van der Waals surface area contributed by atoms with Crippen molar-refractivity contribution in [1.29, 1.82) is 0 Å². The van der Waals surface area contributed by atoms with Crippen LogP contribution in [0.4, 0.5) is 16.0 Å². The van der Waals surface area contributed by atoms with Crippen molar-refractivity contribution >= 4 is 22.8 Å². The number of halogens is 1. The first-order valence-electron chi connectivity index (χ1n) is 8.37. The Balaban J connectivity index is 1.99. The molecule has 26 heavy (non-hydrogen) atoms. The lowest BCUT2D eigenvalue weighted by Crippen LogP contribution is -2.39. The third-order valence-electron chi connectivity index (χ3n) is 4.67. The molecule has 0 atom stereocenters. The number of hydrogen-bond acceptors (Lipinski definition) is 4. The molecule has 0 spiro atoms. The molecule has 4 rings (SSSR count). The van der Waals surface area contributed by atoms with Crippen LogP contribution >= 0.6 is 0 Å². The Morgan fingerprint density at radius 3 is 2.65 bits per heavy atom. The Hall–Kier alpha value is -3.16. The Morgan fingerprint density at radius 1 is 1.23 bits per heavy atom. The molecule has 0 saturated carbocycles. The van der Waals surface area contributed by atoms with E-state index in [0.29, 0.717) is 30.2 Å². The van der Waals surface area contributed by atoms with E-state index in [1.165, 1.54) is 22.8 Å². The number of allylic oxidation sites excluding steroid dienone is 1. The number of fused-ring (bicyclic) bond motifs is 3. The largest absolute Gasteiger partial charge is 0.332 e. The van der Waals surface area contributed by atoms with Crippen molar-refractivity contribution in [2.45, 2.75) is 19.5 Å². The minimum Gasteiger partial charge on any atom is -0.312 e. The minimum absolute atomic E-state index is 0.142. The zero-order valence-corrected chi connectivity index (χ0v) is 14.4. The van der Waals surface area contributed by atoms with Gasteiger partial charge in [0.15, 0.2) is 11.2 Å². The molecule has 0 unspecified atom stereocenters. The second-order valence-corrected chi connectivity index (χ2v) is 6.26. The van der Waals surface area contributed by atoms with Crippen LogP contribution in [-0.2, 0) is 20.1 Å². The van der Waals surface area contributed by atoms with E-state index in [4.69, 9.17) is 0 Å². The van der Waals surface area contributed by atoms with Gasteiger partial charge in [0.1, 0.15) is 5.82 Å². The van der Waals surface area contributed by atoms with Crippen molar-refractivity contribution in [3.8, 4) is 0 Å². The Labute approximate surface area is 148 Å². The summed E-state index contributed by atoms with van der Waals surface area (Å²) < 4.78 is 17.6. The van der Waals surface area contributed by atoms with E-state index in [2.05, 4.69) is 11.6 Å². The lowest BCUT2D eigenvalue weighted by atomic mass is 10.2. The minimum atomic E-state index is -0.425. The van der Waals surface area contributed by atoms with Crippen LogP contribution < -0.4 is 16.1 Å². The van der Waals surface area contributed by atoms with E-state index in [0.717, 1.165) is 16.7 Å². The van der Waals surface area contributed by atoms with Crippen molar-refractivity contribution in [2.24, 2.45) is 7.05 Å². The first kappa shape index (κ1) is 16.3. The average molecular weight is 355 g/mol. The van der Waals surface area contributed by atoms with E-state index in [9.17, 15) is 14.0 Å². The van der Waals surface area contributed by atoms with Gasteiger partial charge in [-0.1, -0.05) is 6.08 Å². The fourth-order valence-electron chi connectivity index (χ4n) is 3.42. The van der Waals surface area contributed by atoms with Gasteiger partial charge in [0, 0.05) is 32.4 Å². The zero-order valence-electron chi connectivity index (χ0n) is 14.4. The van der Waals surface area contributed by atoms with Crippen LogP contribution in [0.15, 0.2) is 46.5 Å². The average Bonchev–Trinajstić information content (AvgIpc) is 3.04. The third kappa shape index (κ3) is 2.29. The summed E-state index contributed by atoms with van der Waals surface area (Å²) in [4.78, 5) is 31.9. The number of benzene rings is 1. The molecule has 0 saturated heterocycles. The van der Waals surface area contributed by atoms with Crippen LogP contribution in [0, 0.1) is 5.82 Å². The molecule has 7 nitrogen and oxygen atoms in total. The number of aryl methyl sites for hydroxylation is 2. The Morgan fingerprint density at radius 2 is 1.96 bits per heavy atom. The molecule has 1 aliphatic rings. The van der Waals surface area contributed by atoms with Crippen molar-refractivity contribution < 1.29 is 4.39 Å².